The molecule has 0 spiro atoms. The molecule has 0 aliphatic carbocycles. The summed E-state index contributed by atoms with van der Waals surface area (Å²) in [5.74, 6) is 0.757. The summed E-state index contributed by atoms with van der Waals surface area (Å²) < 4.78 is 28.4. The standard InChI is InChI=1S/C14H19N5O2S/c1-11-5-6-15-14(17-11)12-4-3-7-19(8-12)22(20,21)13-9-18(2)10-16-13/h5-6,9-10,12H,3-4,7-8H2,1-2H3/t12-/m0/s1. The number of hydrogen-bond donors (Lipinski definition) is 0. The fourth-order valence-electron chi connectivity index (χ4n) is 2.69. The molecule has 22 heavy (non-hydrogen) atoms. The van der Waals surface area contributed by atoms with Gasteiger partial charge in [-0.1, -0.05) is 0 Å². The van der Waals surface area contributed by atoms with Crippen LogP contribution >= 0.6 is 0 Å². The van der Waals surface area contributed by atoms with E-state index >= 15 is 0 Å². The van der Waals surface area contributed by atoms with Gasteiger partial charge < -0.3 is 4.57 Å². The van der Waals surface area contributed by atoms with Gasteiger partial charge in [0, 0.05) is 44.1 Å². The molecule has 2 aromatic heterocycles. The van der Waals surface area contributed by atoms with Crippen LogP contribution in [0.15, 0.2) is 29.8 Å². The molecule has 0 aromatic carbocycles. The van der Waals surface area contributed by atoms with E-state index < -0.39 is 10.0 Å². The van der Waals surface area contributed by atoms with Crippen LogP contribution < -0.4 is 0 Å². The Bertz CT molecular complexity index is 771. The number of nitrogens with zero attached hydrogens (tertiary/aromatic N) is 5. The van der Waals surface area contributed by atoms with Gasteiger partial charge in [0.25, 0.3) is 10.0 Å². The van der Waals surface area contributed by atoms with Crippen molar-refractivity contribution < 1.29 is 8.42 Å². The van der Waals surface area contributed by atoms with E-state index in [1.54, 1.807) is 17.8 Å². The first-order valence-electron chi connectivity index (χ1n) is 7.24. The zero-order chi connectivity index (χ0) is 15.7. The highest BCUT2D eigenvalue weighted by Gasteiger charge is 2.33. The molecule has 0 N–H and O–H groups in total. The zero-order valence-corrected chi connectivity index (χ0v) is 13.5. The van der Waals surface area contributed by atoms with Crippen molar-refractivity contribution in [3.63, 3.8) is 0 Å². The number of aromatic nitrogens is 4. The maximum absolute atomic E-state index is 12.7. The van der Waals surface area contributed by atoms with Crippen molar-refractivity contribution in [2.75, 3.05) is 13.1 Å². The van der Waals surface area contributed by atoms with Crippen LogP contribution in [0.25, 0.3) is 0 Å². The summed E-state index contributed by atoms with van der Waals surface area (Å²) in [5, 5.41) is 0.0980. The molecule has 0 amide bonds. The average molecular weight is 321 g/mol. The van der Waals surface area contributed by atoms with Gasteiger partial charge in [0.1, 0.15) is 5.82 Å². The van der Waals surface area contributed by atoms with Crippen LogP contribution in [0, 0.1) is 6.92 Å². The summed E-state index contributed by atoms with van der Waals surface area (Å²) in [6, 6.07) is 1.84. The minimum atomic E-state index is -3.55. The molecule has 1 fully saturated rings. The number of imidazole rings is 1. The van der Waals surface area contributed by atoms with E-state index in [9.17, 15) is 8.42 Å². The predicted octanol–water partition coefficient (Wildman–Crippen LogP) is 1.09. The Morgan fingerprint density at radius 1 is 1.32 bits per heavy atom. The van der Waals surface area contributed by atoms with Gasteiger partial charge >= 0.3 is 0 Å². The van der Waals surface area contributed by atoms with Crippen molar-refractivity contribution in [2.45, 2.75) is 30.7 Å². The summed E-state index contributed by atoms with van der Waals surface area (Å²) in [4.78, 5) is 12.7. The monoisotopic (exact) mass is 321 g/mol. The van der Waals surface area contributed by atoms with Crippen molar-refractivity contribution in [3.05, 3.63) is 36.3 Å². The van der Waals surface area contributed by atoms with Gasteiger partial charge in [-0.05, 0) is 25.8 Å². The second kappa shape index (κ2) is 5.77. The van der Waals surface area contributed by atoms with E-state index in [1.807, 2.05) is 13.0 Å². The first-order chi connectivity index (χ1) is 10.5. The molecule has 0 saturated carbocycles. The number of piperidine rings is 1. The van der Waals surface area contributed by atoms with Crippen LogP contribution in [0.2, 0.25) is 0 Å². The molecule has 3 rings (SSSR count). The minimum Gasteiger partial charge on any atom is -0.339 e. The molecule has 3 heterocycles. The van der Waals surface area contributed by atoms with Crippen molar-refractivity contribution in [1.82, 2.24) is 23.8 Å². The summed E-state index contributed by atoms with van der Waals surface area (Å²) >= 11 is 0. The fourth-order valence-corrected chi connectivity index (χ4v) is 4.18. The Morgan fingerprint density at radius 3 is 2.82 bits per heavy atom. The molecule has 1 atom stereocenters. The van der Waals surface area contributed by atoms with Gasteiger partial charge in [-0.3, -0.25) is 0 Å². The van der Waals surface area contributed by atoms with Gasteiger partial charge in [0.15, 0.2) is 5.03 Å². The van der Waals surface area contributed by atoms with Gasteiger partial charge in [-0.2, -0.15) is 4.31 Å². The molecule has 0 radical (unpaired) electrons. The Kier molecular flexibility index (Phi) is 3.96. The molecule has 8 heteroatoms. The second-order valence-electron chi connectivity index (χ2n) is 5.64. The smallest absolute Gasteiger partial charge is 0.262 e. The molecule has 118 valence electrons. The van der Waals surface area contributed by atoms with Crippen LogP contribution in [-0.2, 0) is 17.1 Å². The Morgan fingerprint density at radius 2 is 2.14 bits per heavy atom. The van der Waals surface area contributed by atoms with Crippen LogP contribution in [0.5, 0.6) is 0 Å². The first kappa shape index (κ1) is 15.1. The van der Waals surface area contributed by atoms with E-state index in [-0.39, 0.29) is 10.9 Å². The van der Waals surface area contributed by atoms with Crippen molar-refractivity contribution in [2.24, 2.45) is 7.05 Å². The number of rotatable bonds is 3. The van der Waals surface area contributed by atoms with Gasteiger partial charge in [0.2, 0.25) is 0 Å². The SMILES string of the molecule is Cc1ccnc([C@H]2CCCN(S(=O)(=O)c3cn(C)cn3)C2)n1. The lowest BCUT2D eigenvalue weighted by molar-refractivity contribution is 0.308. The second-order valence-corrected chi connectivity index (χ2v) is 7.52. The zero-order valence-electron chi connectivity index (χ0n) is 12.7. The highest BCUT2D eigenvalue weighted by molar-refractivity contribution is 7.89. The normalized spacial score (nSPS) is 20.2. The van der Waals surface area contributed by atoms with E-state index in [0.29, 0.717) is 13.1 Å². The molecule has 2 aromatic rings. The highest BCUT2D eigenvalue weighted by atomic mass is 32.2. The molecule has 7 nitrogen and oxygen atoms in total. The Labute approximate surface area is 130 Å². The Balaban J connectivity index is 1.84. The number of aryl methyl sites for hydroxylation is 2. The largest absolute Gasteiger partial charge is 0.339 e. The first-order valence-corrected chi connectivity index (χ1v) is 8.68. The predicted molar refractivity (Wildman–Crippen MR) is 80.7 cm³/mol. The summed E-state index contributed by atoms with van der Waals surface area (Å²) in [5.41, 5.74) is 0.898. The third kappa shape index (κ3) is 2.89. The van der Waals surface area contributed by atoms with Gasteiger partial charge in [0.05, 0.1) is 6.33 Å². The lowest BCUT2D eigenvalue weighted by atomic mass is 9.99. The summed E-state index contributed by atoms with van der Waals surface area (Å²) in [7, 11) is -1.79. The third-order valence-electron chi connectivity index (χ3n) is 3.85. The lowest BCUT2D eigenvalue weighted by Crippen LogP contribution is -2.39. The van der Waals surface area contributed by atoms with Gasteiger partial charge in [-0.15, -0.1) is 0 Å². The third-order valence-corrected chi connectivity index (χ3v) is 5.60. The number of sulfonamides is 1. The van der Waals surface area contributed by atoms with Crippen LogP contribution in [0.1, 0.15) is 30.3 Å². The fraction of sp³-hybridized carbons (Fsp3) is 0.500. The Hall–Kier alpha value is -1.80. The quantitative estimate of drug-likeness (QED) is 0.845. The summed E-state index contributed by atoms with van der Waals surface area (Å²) in [6.07, 6.45) is 6.45. The highest BCUT2D eigenvalue weighted by Crippen LogP contribution is 2.28. The molecule has 0 unspecified atom stereocenters. The molecule has 1 saturated heterocycles. The molecule has 1 aliphatic heterocycles. The van der Waals surface area contributed by atoms with Crippen molar-refractivity contribution in [3.8, 4) is 0 Å². The van der Waals surface area contributed by atoms with Crippen molar-refractivity contribution >= 4 is 10.0 Å². The van der Waals surface area contributed by atoms with E-state index in [2.05, 4.69) is 15.0 Å². The maximum atomic E-state index is 12.7. The molecule has 1 aliphatic rings. The van der Waals surface area contributed by atoms with Crippen LogP contribution in [0.4, 0.5) is 0 Å². The summed E-state index contributed by atoms with van der Waals surface area (Å²) in [6.45, 7) is 2.83. The minimum absolute atomic E-state index is 0.0344. The average Bonchev–Trinajstić information content (AvgIpc) is 2.95. The van der Waals surface area contributed by atoms with Crippen LogP contribution in [-0.4, -0.2) is 45.3 Å². The van der Waals surface area contributed by atoms with Gasteiger partial charge in [-0.25, -0.2) is 23.4 Å². The van der Waals surface area contributed by atoms with Crippen molar-refractivity contribution in [1.29, 1.82) is 0 Å². The lowest BCUT2D eigenvalue weighted by Gasteiger charge is -2.30. The van der Waals surface area contributed by atoms with E-state index in [1.165, 1.54) is 16.8 Å². The molecular weight excluding hydrogens is 302 g/mol. The number of hydrogen-bond acceptors (Lipinski definition) is 5. The topological polar surface area (TPSA) is 81.0 Å². The maximum Gasteiger partial charge on any atom is 0.262 e. The van der Waals surface area contributed by atoms with E-state index in [0.717, 1.165) is 24.4 Å². The molecule has 0 bridgehead atoms. The molecular formula is C14H19N5O2S. The van der Waals surface area contributed by atoms with E-state index in [4.69, 9.17) is 0 Å². The van der Waals surface area contributed by atoms with Crippen LogP contribution in [0.3, 0.4) is 0 Å².